The summed E-state index contributed by atoms with van der Waals surface area (Å²) in [5.41, 5.74) is 2.23. The van der Waals surface area contributed by atoms with Gasteiger partial charge < -0.3 is 14.1 Å². The Kier molecular flexibility index (Phi) is 5.30. The van der Waals surface area contributed by atoms with E-state index in [1.165, 1.54) is 12.1 Å². The summed E-state index contributed by atoms with van der Waals surface area (Å²) in [5, 5.41) is 0.909. The highest BCUT2D eigenvalue weighted by atomic mass is 19.1. The maximum absolute atomic E-state index is 13.1. The summed E-state index contributed by atoms with van der Waals surface area (Å²) in [4.78, 5) is 16.5. The molecule has 1 aliphatic rings. The number of halogens is 1. The van der Waals surface area contributed by atoms with Crippen LogP contribution in [-0.4, -0.2) is 37.7 Å². The van der Waals surface area contributed by atoms with E-state index in [0.29, 0.717) is 18.7 Å². The van der Waals surface area contributed by atoms with Gasteiger partial charge in [-0.3, -0.25) is 4.90 Å². The molecule has 6 heteroatoms. The average molecular weight is 382 g/mol. The highest BCUT2D eigenvalue weighted by Gasteiger charge is 2.19. The summed E-state index contributed by atoms with van der Waals surface area (Å²) in [6.07, 6.45) is 0. The van der Waals surface area contributed by atoms with Gasteiger partial charge in [0.15, 0.2) is 0 Å². The smallest absolute Gasteiger partial charge is 0.336 e. The van der Waals surface area contributed by atoms with Crippen molar-refractivity contribution in [1.82, 2.24) is 4.90 Å². The Morgan fingerprint density at radius 1 is 1.04 bits per heavy atom. The summed E-state index contributed by atoms with van der Waals surface area (Å²) < 4.78 is 24.1. The molecule has 146 valence electrons. The first-order chi connectivity index (χ1) is 13.6. The molecule has 2 heterocycles. The maximum atomic E-state index is 13.1. The van der Waals surface area contributed by atoms with E-state index in [4.69, 9.17) is 9.15 Å². The predicted octanol–water partition coefficient (Wildman–Crippen LogP) is 3.65. The Balaban J connectivity index is 1.50. The first-order valence-electron chi connectivity index (χ1n) is 9.55. The summed E-state index contributed by atoms with van der Waals surface area (Å²) in [6.45, 7) is 6.65. The van der Waals surface area contributed by atoms with E-state index in [2.05, 4.69) is 9.80 Å². The molecule has 0 unspecified atom stereocenters. The molecule has 1 saturated heterocycles. The number of hydrogen-bond acceptors (Lipinski definition) is 5. The van der Waals surface area contributed by atoms with Gasteiger partial charge in [-0.1, -0.05) is 0 Å². The molecule has 0 spiro atoms. The van der Waals surface area contributed by atoms with Crippen LogP contribution in [0.5, 0.6) is 5.75 Å². The van der Waals surface area contributed by atoms with Crippen molar-refractivity contribution in [2.75, 3.05) is 37.7 Å². The lowest BCUT2D eigenvalue weighted by Crippen LogP contribution is -2.46. The minimum atomic E-state index is -0.336. The third kappa shape index (κ3) is 4.02. The van der Waals surface area contributed by atoms with Crippen LogP contribution in [0.3, 0.4) is 0 Å². The number of rotatable bonds is 5. The fourth-order valence-corrected chi connectivity index (χ4v) is 3.65. The summed E-state index contributed by atoms with van der Waals surface area (Å²) in [6, 6.07) is 13.7. The number of nitrogens with zero attached hydrogens (tertiary/aromatic N) is 2. The second-order valence-corrected chi connectivity index (χ2v) is 6.92. The SMILES string of the molecule is CCOc1ccc2oc(=O)cc(CN3CCN(c4ccc(F)cc4)CC3)c2c1. The molecular weight excluding hydrogens is 359 g/mol. The summed E-state index contributed by atoms with van der Waals surface area (Å²) >= 11 is 0. The van der Waals surface area contributed by atoms with Crippen LogP contribution in [0.2, 0.25) is 0 Å². The van der Waals surface area contributed by atoms with Crippen LogP contribution in [0.1, 0.15) is 12.5 Å². The first kappa shape index (κ1) is 18.5. The minimum absolute atomic E-state index is 0.219. The van der Waals surface area contributed by atoms with Crippen molar-refractivity contribution in [3.8, 4) is 5.75 Å². The van der Waals surface area contributed by atoms with E-state index in [0.717, 1.165) is 48.6 Å². The molecular formula is C22H23FN2O3. The topological polar surface area (TPSA) is 45.9 Å². The van der Waals surface area contributed by atoms with Crippen molar-refractivity contribution in [3.05, 3.63) is 70.3 Å². The molecule has 1 fully saturated rings. The van der Waals surface area contributed by atoms with Crippen molar-refractivity contribution in [1.29, 1.82) is 0 Å². The van der Waals surface area contributed by atoms with Gasteiger partial charge in [0.2, 0.25) is 0 Å². The van der Waals surface area contributed by atoms with E-state index in [1.807, 2.05) is 31.2 Å². The zero-order valence-corrected chi connectivity index (χ0v) is 15.9. The van der Waals surface area contributed by atoms with Crippen LogP contribution in [0.15, 0.2) is 57.7 Å². The molecule has 0 atom stereocenters. The molecule has 0 saturated carbocycles. The van der Waals surface area contributed by atoms with Crippen LogP contribution in [0.4, 0.5) is 10.1 Å². The average Bonchev–Trinajstić information content (AvgIpc) is 2.70. The number of anilines is 1. The second kappa shape index (κ2) is 8.02. The van der Waals surface area contributed by atoms with E-state index >= 15 is 0 Å². The number of piperazine rings is 1. The van der Waals surface area contributed by atoms with Gasteiger partial charge in [-0.15, -0.1) is 0 Å². The fourth-order valence-electron chi connectivity index (χ4n) is 3.65. The van der Waals surface area contributed by atoms with E-state index in [9.17, 15) is 9.18 Å². The normalized spacial score (nSPS) is 15.1. The van der Waals surface area contributed by atoms with Gasteiger partial charge in [0.1, 0.15) is 17.1 Å². The van der Waals surface area contributed by atoms with Crippen LogP contribution in [0.25, 0.3) is 11.0 Å². The lowest BCUT2D eigenvalue weighted by molar-refractivity contribution is 0.250. The summed E-state index contributed by atoms with van der Waals surface area (Å²) in [7, 11) is 0. The number of ether oxygens (including phenoxy) is 1. The molecule has 0 amide bonds. The van der Waals surface area contributed by atoms with Gasteiger partial charge in [0, 0.05) is 49.9 Å². The van der Waals surface area contributed by atoms with E-state index in [1.54, 1.807) is 12.1 Å². The van der Waals surface area contributed by atoms with Gasteiger partial charge in [-0.25, -0.2) is 9.18 Å². The number of benzene rings is 2. The third-order valence-electron chi connectivity index (χ3n) is 5.07. The van der Waals surface area contributed by atoms with Crippen molar-refractivity contribution < 1.29 is 13.5 Å². The van der Waals surface area contributed by atoms with Crippen molar-refractivity contribution in [2.24, 2.45) is 0 Å². The molecule has 0 bridgehead atoms. The third-order valence-corrected chi connectivity index (χ3v) is 5.07. The molecule has 4 rings (SSSR count). The molecule has 1 aromatic heterocycles. The lowest BCUT2D eigenvalue weighted by Gasteiger charge is -2.36. The van der Waals surface area contributed by atoms with Crippen LogP contribution >= 0.6 is 0 Å². The highest BCUT2D eigenvalue weighted by molar-refractivity contribution is 5.81. The quantitative estimate of drug-likeness (QED) is 0.631. The fraction of sp³-hybridized carbons (Fsp3) is 0.318. The Bertz CT molecular complexity index is 1010. The molecule has 0 radical (unpaired) electrons. The van der Waals surface area contributed by atoms with Gasteiger partial charge in [0.25, 0.3) is 0 Å². The zero-order valence-electron chi connectivity index (χ0n) is 15.9. The number of fused-ring (bicyclic) bond motifs is 1. The molecule has 0 aliphatic carbocycles. The molecule has 1 aliphatic heterocycles. The Morgan fingerprint density at radius 3 is 2.50 bits per heavy atom. The molecule has 28 heavy (non-hydrogen) atoms. The van der Waals surface area contributed by atoms with E-state index in [-0.39, 0.29) is 11.4 Å². The summed E-state index contributed by atoms with van der Waals surface area (Å²) in [5.74, 6) is 0.551. The van der Waals surface area contributed by atoms with Crippen LogP contribution in [0, 0.1) is 5.82 Å². The monoisotopic (exact) mass is 382 g/mol. The Hall–Kier alpha value is -2.86. The molecule has 3 aromatic rings. The van der Waals surface area contributed by atoms with Gasteiger partial charge in [-0.2, -0.15) is 0 Å². The first-order valence-corrected chi connectivity index (χ1v) is 9.55. The van der Waals surface area contributed by atoms with Gasteiger partial charge in [0.05, 0.1) is 6.61 Å². The zero-order chi connectivity index (χ0) is 19.5. The van der Waals surface area contributed by atoms with Crippen molar-refractivity contribution in [2.45, 2.75) is 13.5 Å². The second-order valence-electron chi connectivity index (χ2n) is 6.92. The van der Waals surface area contributed by atoms with Crippen LogP contribution in [-0.2, 0) is 6.54 Å². The standard InChI is InChI=1S/C22H23FN2O3/c1-2-27-19-7-8-21-20(14-19)16(13-22(26)28-21)15-24-9-11-25(12-10-24)18-5-3-17(23)4-6-18/h3-8,13-14H,2,9-12,15H2,1H3. The molecule has 0 N–H and O–H groups in total. The van der Waals surface area contributed by atoms with Crippen LogP contribution < -0.4 is 15.3 Å². The maximum Gasteiger partial charge on any atom is 0.336 e. The van der Waals surface area contributed by atoms with E-state index < -0.39 is 0 Å². The van der Waals surface area contributed by atoms with Gasteiger partial charge >= 0.3 is 5.63 Å². The molecule has 5 nitrogen and oxygen atoms in total. The lowest BCUT2D eigenvalue weighted by atomic mass is 10.1. The van der Waals surface area contributed by atoms with Crippen molar-refractivity contribution in [3.63, 3.8) is 0 Å². The Morgan fingerprint density at radius 2 is 1.79 bits per heavy atom. The van der Waals surface area contributed by atoms with Crippen molar-refractivity contribution >= 4 is 16.7 Å². The predicted molar refractivity (Wildman–Crippen MR) is 108 cm³/mol. The highest BCUT2D eigenvalue weighted by Crippen LogP contribution is 2.25. The Labute approximate surface area is 162 Å². The van der Waals surface area contributed by atoms with Gasteiger partial charge in [-0.05, 0) is 55.0 Å². The molecule has 2 aromatic carbocycles. The number of hydrogen-bond donors (Lipinski definition) is 0. The minimum Gasteiger partial charge on any atom is -0.494 e. The largest absolute Gasteiger partial charge is 0.494 e.